The van der Waals surface area contributed by atoms with Gasteiger partial charge in [0.2, 0.25) is 5.91 Å². The lowest BCUT2D eigenvalue weighted by Gasteiger charge is -2.29. The zero-order valence-corrected chi connectivity index (χ0v) is 13.2. The van der Waals surface area contributed by atoms with Crippen LogP contribution in [0.3, 0.4) is 0 Å². The fourth-order valence-electron chi connectivity index (χ4n) is 2.78. The number of hydrogen-bond donors (Lipinski definition) is 2. The number of aromatic nitrogens is 1. The molecule has 6 heteroatoms. The highest BCUT2D eigenvalue weighted by Gasteiger charge is 2.17. The predicted molar refractivity (Wildman–Crippen MR) is 90.9 cm³/mol. The summed E-state index contributed by atoms with van der Waals surface area (Å²) in [7, 11) is 0. The first-order chi connectivity index (χ1) is 11.6. The van der Waals surface area contributed by atoms with Gasteiger partial charge in [0.05, 0.1) is 18.3 Å². The fraction of sp³-hybridized carbons (Fsp3) is 0.278. The van der Waals surface area contributed by atoms with Crippen LogP contribution in [-0.4, -0.2) is 28.5 Å². The molecular formula is C18H19N3O3. The van der Waals surface area contributed by atoms with Crippen LogP contribution in [0.1, 0.15) is 24.0 Å². The number of rotatable bonds is 5. The maximum Gasteiger partial charge on any atom is 0.303 e. The molecule has 0 bridgehead atoms. The smallest absolute Gasteiger partial charge is 0.303 e. The van der Waals surface area contributed by atoms with Gasteiger partial charge in [-0.2, -0.15) is 0 Å². The van der Waals surface area contributed by atoms with E-state index in [4.69, 9.17) is 5.11 Å². The van der Waals surface area contributed by atoms with E-state index in [-0.39, 0.29) is 18.7 Å². The monoisotopic (exact) mass is 325 g/mol. The summed E-state index contributed by atoms with van der Waals surface area (Å²) in [4.78, 5) is 28.7. The summed E-state index contributed by atoms with van der Waals surface area (Å²) in [5.41, 5.74) is 3.28. The predicted octanol–water partition coefficient (Wildman–Crippen LogP) is 2.45. The van der Waals surface area contributed by atoms with E-state index < -0.39 is 5.97 Å². The zero-order chi connectivity index (χ0) is 16.9. The highest BCUT2D eigenvalue weighted by atomic mass is 16.4. The average Bonchev–Trinajstić information content (AvgIpc) is 2.60. The van der Waals surface area contributed by atoms with Crippen LogP contribution >= 0.6 is 0 Å². The molecule has 1 aromatic carbocycles. The first-order valence-electron chi connectivity index (χ1n) is 7.91. The molecule has 0 atom stereocenters. The van der Waals surface area contributed by atoms with Crippen molar-refractivity contribution in [3.8, 4) is 0 Å². The Morgan fingerprint density at radius 2 is 1.92 bits per heavy atom. The number of aliphatic carboxylic acids is 1. The number of carbonyl (C=O) groups is 2. The van der Waals surface area contributed by atoms with Crippen molar-refractivity contribution in [2.75, 3.05) is 16.8 Å². The van der Waals surface area contributed by atoms with Gasteiger partial charge in [-0.3, -0.25) is 9.59 Å². The summed E-state index contributed by atoms with van der Waals surface area (Å²) in [6.45, 7) is 1.74. The molecule has 0 fully saturated rings. The molecule has 1 aromatic heterocycles. The van der Waals surface area contributed by atoms with Crippen molar-refractivity contribution >= 4 is 23.4 Å². The van der Waals surface area contributed by atoms with E-state index in [1.807, 2.05) is 12.1 Å². The number of nitrogens with one attached hydrogen (secondary N) is 1. The molecule has 3 rings (SSSR count). The van der Waals surface area contributed by atoms with Gasteiger partial charge in [-0.25, -0.2) is 4.98 Å². The summed E-state index contributed by atoms with van der Waals surface area (Å²) in [6, 6.07) is 12.1. The van der Waals surface area contributed by atoms with Gasteiger partial charge in [0.15, 0.2) is 0 Å². The highest BCUT2D eigenvalue weighted by molar-refractivity contribution is 5.92. The van der Waals surface area contributed by atoms with Crippen LogP contribution in [0.15, 0.2) is 42.6 Å². The second kappa shape index (κ2) is 7.12. The highest BCUT2D eigenvalue weighted by Crippen LogP contribution is 2.23. The molecule has 0 radical (unpaired) electrons. The van der Waals surface area contributed by atoms with Gasteiger partial charge in [-0.05, 0) is 29.7 Å². The maximum atomic E-state index is 11.6. The van der Waals surface area contributed by atoms with Crippen molar-refractivity contribution in [2.24, 2.45) is 0 Å². The quantitative estimate of drug-likeness (QED) is 0.882. The van der Waals surface area contributed by atoms with Gasteiger partial charge >= 0.3 is 5.97 Å². The van der Waals surface area contributed by atoms with Crippen molar-refractivity contribution in [3.63, 3.8) is 0 Å². The molecule has 124 valence electrons. The van der Waals surface area contributed by atoms with Crippen LogP contribution in [0.4, 0.5) is 11.5 Å². The van der Waals surface area contributed by atoms with E-state index >= 15 is 0 Å². The molecule has 2 N–H and O–H groups in total. The lowest BCUT2D eigenvalue weighted by Crippen LogP contribution is -2.30. The lowest BCUT2D eigenvalue weighted by atomic mass is 10.00. The first kappa shape index (κ1) is 16.0. The van der Waals surface area contributed by atoms with Gasteiger partial charge in [0, 0.05) is 19.5 Å². The molecule has 0 spiro atoms. The molecule has 2 aromatic rings. The third kappa shape index (κ3) is 3.90. The van der Waals surface area contributed by atoms with Gasteiger partial charge < -0.3 is 15.3 Å². The zero-order valence-electron chi connectivity index (χ0n) is 13.2. The number of hydrogen-bond acceptors (Lipinski definition) is 4. The van der Waals surface area contributed by atoms with E-state index in [1.54, 1.807) is 12.3 Å². The second-order valence-electron chi connectivity index (χ2n) is 5.79. The number of carboxylic acids is 1. The van der Waals surface area contributed by atoms with Crippen molar-refractivity contribution in [3.05, 3.63) is 53.7 Å². The van der Waals surface area contributed by atoms with E-state index in [2.05, 4.69) is 33.4 Å². The first-order valence-corrected chi connectivity index (χ1v) is 7.91. The molecule has 1 aliphatic heterocycles. The topological polar surface area (TPSA) is 82.5 Å². The van der Waals surface area contributed by atoms with Gasteiger partial charge in [-0.15, -0.1) is 0 Å². The molecule has 2 heterocycles. The Morgan fingerprint density at radius 3 is 2.62 bits per heavy atom. The number of nitrogens with zero attached hydrogens (tertiary/aromatic N) is 2. The summed E-state index contributed by atoms with van der Waals surface area (Å²) < 4.78 is 0. The summed E-state index contributed by atoms with van der Waals surface area (Å²) in [6.07, 6.45) is 2.38. The number of carboxylic acid groups (broad SMARTS) is 1. The number of amides is 1. The van der Waals surface area contributed by atoms with Crippen molar-refractivity contribution in [1.29, 1.82) is 0 Å². The Balaban J connectivity index is 1.61. The fourth-order valence-corrected chi connectivity index (χ4v) is 2.78. The minimum absolute atomic E-state index is 0.0417. The average molecular weight is 325 g/mol. The molecule has 0 saturated carbocycles. The minimum Gasteiger partial charge on any atom is -0.481 e. The summed E-state index contributed by atoms with van der Waals surface area (Å²) >= 11 is 0. The molecule has 0 saturated heterocycles. The van der Waals surface area contributed by atoms with E-state index in [0.717, 1.165) is 25.3 Å². The molecule has 24 heavy (non-hydrogen) atoms. The number of benzene rings is 1. The van der Waals surface area contributed by atoms with E-state index in [0.29, 0.717) is 5.69 Å². The Kier molecular flexibility index (Phi) is 4.74. The van der Waals surface area contributed by atoms with Crippen LogP contribution in [0.25, 0.3) is 0 Å². The molecule has 0 aliphatic carbocycles. The Bertz CT molecular complexity index is 743. The molecule has 6 nitrogen and oxygen atoms in total. The van der Waals surface area contributed by atoms with Gasteiger partial charge in [0.1, 0.15) is 5.82 Å². The van der Waals surface area contributed by atoms with Crippen LogP contribution in [0, 0.1) is 0 Å². The normalized spacial score (nSPS) is 13.2. The number of carbonyl (C=O) groups excluding carboxylic acids is 1. The van der Waals surface area contributed by atoms with Crippen molar-refractivity contribution < 1.29 is 14.7 Å². The number of pyridine rings is 1. The Labute approximate surface area is 140 Å². The third-order valence-corrected chi connectivity index (χ3v) is 4.05. The number of fused-ring (bicyclic) bond motifs is 1. The lowest BCUT2D eigenvalue weighted by molar-refractivity contribution is -0.138. The molecule has 1 amide bonds. The van der Waals surface area contributed by atoms with Gasteiger partial charge in [0.25, 0.3) is 0 Å². The number of anilines is 2. The Hall–Kier alpha value is -2.89. The summed E-state index contributed by atoms with van der Waals surface area (Å²) in [5, 5.41) is 11.2. The molecular weight excluding hydrogens is 306 g/mol. The minimum atomic E-state index is -0.982. The molecule has 1 aliphatic rings. The van der Waals surface area contributed by atoms with Crippen molar-refractivity contribution in [1.82, 2.24) is 4.98 Å². The van der Waals surface area contributed by atoms with Crippen LogP contribution < -0.4 is 10.2 Å². The largest absolute Gasteiger partial charge is 0.481 e. The summed E-state index contributed by atoms with van der Waals surface area (Å²) in [5.74, 6) is -0.434. The second-order valence-corrected chi connectivity index (χ2v) is 5.79. The molecule has 0 unspecified atom stereocenters. The van der Waals surface area contributed by atoms with Crippen LogP contribution in [0.5, 0.6) is 0 Å². The van der Waals surface area contributed by atoms with Crippen molar-refractivity contribution in [2.45, 2.75) is 25.8 Å². The Morgan fingerprint density at radius 1 is 1.12 bits per heavy atom. The van der Waals surface area contributed by atoms with Crippen LogP contribution in [-0.2, 0) is 22.6 Å². The van der Waals surface area contributed by atoms with E-state index in [9.17, 15) is 9.59 Å². The standard InChI is InChI=1S/C18H19N3O3/c22-17(7-8-18(23)24)20-15-5-6-16(19-11-15)21-10-9-13-3-1-2-4-14(13)12-21/h1-6,11H,7-10,12H2,(H,20,22)(H,23,24). The van der Waals surface area contributed by atoms with Crippen LogP contribution in [0.2, 0.25) is 0 Å². The van der Waals surface area contributed by atoms with Gasteiger partial charge in [-0.1, -0.05) is 24.3 Å². The van der Waals surface area contributed by atoms with E-state index in [1.165, 1.54) is 11.1 Å². The SMILES string of the molecule is O=C(O)CCC(=O)Nc1ccc(N2CCc3ccccc3C2)nc1. The maximum absolute atomic E-state index is 11.6. The third-order valence-electron chi connectivity index (χ3n) is 4.05.